The Bertz CT molecular complexity index is 469. The number of halogens is 1. The molecule has 106 valence electrons. The zero-order valence-electron chi connectivity index (χ0n) is 11.0. The molecule has 0 unspecified atom stereocenters. The Labute approximate surface area is 129 Å². The van der Waals surface area contributed by atoms with Gasteiger partial charge in [0.2, 0.25) is 5.76 Å². The SMILES string of the molecule is COC(=O)c1ccc(CN=C(N)N(C)C2CC2)o1.I. The van der Waals surface area contributed by atoms with Gasteiger partial charge < -0.3 is 19.8 Å². The molecular formula is C12H18IN3O3. The van der Waals surface area contributed by atoms with E-state index in [4.69, 9.17) is 10.2 Å². The lowest BCUT2D eigenvalue weighted by atomic mass is 10.4. The molecule has 0 bridgehead atoms. The Morgan fingerprint density at radius 3 is 2.84 bits per heavy atom. The summed E-state index contributed by atoms with van der Waals surface area (Å²) in [6, 6.07) is 3.79. The van der Waals surface area contributed by atoms with Crippen LogP contribution in [0.4, 0.5) is 0 Å². The predicted octanol–water partition coefficient (Wildman–Crippen LogP) is 1.59. The van der Waals surface area contributed by atoms with Crippen molar-refractivity contribution in [1.82, 2.24) is 4.90 Å². The van der Waals surface area contributed by atoms with Crippen LogP contribution in [0.2, 0.25) is 0 Å². The van der Waals surface area contributed by atoms with Crippen LogP contribution in [0, 0.1) is 0 Å². The molecule has 1 saturated carbocycles. The fraction of sp³-hybridized carbons (Fsp3) is 0.500. The zero-order valence-corrected chi connectivity index (χ0v) is 13.3. The molecule has 19 heavy (non-hydrogen) atoms. The first kappa shape index (κ1) is 15.8. The number of ether oxygens (including phenoxy) is 1. The van der Waals surface area contributed by atoms with E-state index in [0.717, 1.165) is 0 Å². The normalized spacial score (nSPS) is 14.7. The highest BCUT2D eigenvalue weighted by molar-refractivity contribution is 14.0. The summed E-state index contributed by atoms with van der Waals surface area (Å²) in [4.78, 5) is 17.4. The third-order valence-corrected chi connectivity index (χ3v) is 2.90. The van der Waals surface area contributed by atoms with E-state index in [1.54, 1.807) is 12.1 Å². The van der Waals surface area contributed by atoms with Crippen molar-refractivity contribution in [3.05, 3.63) is 23.7 Å². The van der Waals surface area contributed by atoms with E-state index in [2.05, 4.69) is 9.73 Å². The van der Waals surface area contributed by atoms with Gasteiger partial charge in [0.05, 0.1) is 7.11 Å². The monoisotopic (exact) mass is 379 g/mol. The quantitative estimate of drug-likeness (QED) is 0.372. The Morgan fingerprint density at radius 1 is 1.58 bits per heavy atom. The average molecular weight is 379 g/mol. The van der Waals surface area contributed by atoms with Crippen LogP contribution in [0.15, 0.2) is 21.5 Å². The summed E-state index contributed by atoms with van der Waals surface area (Å²) in [7, 11) is 3.24. The molecule has 0 amide bonds. The van der Waals surface area contributed by atoms with Gasteiger partial charge in [-0.25, -0.2) is 9.79 Å². The van der Waals surface area contributed by atoms with Crippen LogP contribution in [0.5, 0.6) is 0 Å². The highest BCUT2D eigenvalue weighted by Crippen LogP contribution is 2.24. The molecule has 0 radical (unpaired) electrons. The maximum atomic E-state index is 11.2. The molecule has 1 aliphatic carbocycles. The topological polar surface area (TPSA) is 81.1 Å². The van der Waals surface area contributed by atoms with Crippen molar-refractivity contribution in [3.63, 3.8) is 0 Å². The van der Waals surface area contributed by atoms with Crippen LogP contribution in [0.1, 0.15) is 29.2 Å². The Balaban J connectivity index is 0.00000180. The molecule has 7 heteroatoms. The molecule has 2 N–H and O–H groups in total. The number of furan rings is 1. The van der Waals surface area contributed by atoms with E-state index in [0.29, 0.717) is 24.3 Å². The van der Waals surface area contributed by atoms with Crippen molar-refractivity contribution in [2.24, 2.45) is 10.7 Å². The summed E-state index contributed by atoms with van der Waals surface area (Å²) in [5.41, 5.74) is 5.84. The smallest absolute Gasteiger partial charge is 0.373 e. The molecule has 2 rings (SSSR count). The van der Waals surface area contributed by atoms with Gasteiger partial charge in [0, 0.05) is 13.1 Å². The highest BCUT2D eigenvalue weighted by atomic mass is 127. The Morgan fingerprint density at radius 2 is 2.26 bits per heavy atom. The summed E-state index contributed by atoms with van der Waals surface area (Å²) < 4.78 is 9.84. The van der Waals surface area contributed by atoms with E-state index >= 15 is 0 Å². The summed E-state index contributed by atoms with van der Waals surface area (Å²) in [6.45, 7) is 0.319. The van der Waals surface area contributed by atoms with E-state index in [1.807, 2.05) is 11.9 Å². The number of hydrogen-bond donors (Lipinski definition) is 1. The molecule has 1 aliphatic rings. The van der Waals surface area contributed by atoms with E-state index in [1.165, 1.54) is 20.0 Å². The number of rotatable bonds is 4. The van der Waals surface area contributed by atoms with Gasteiger partial charge in [-0.3, -0.25) is 0 Å². The summed E-state index contributed by atoms with van der Waals surface area (Å²) in [5, 5.41) is 0. The molecule has 6 nitrogen and oxygen atoms in total. The predicted molar refractivity (Wildman–Crippen MR) is 81.6 cm³/mol. The lowest BCUT2D eigenvalue weighted by Crippen LogP contribution is -2.35. The molecule has 1 aromatic heterocycles. The largest absolute Gasteiger partial charge is 0.463 e. The second-order valence-corrected chi connectivity index (χ2v) is 4.27. The Kier molecular flexibility index (Phi) is 5.64. The number of carbonyl (C=O) groups is 1. The number of hydrogen-bond acceptors (Lipinski definition) is 4. The van der Waals surface area contributed by atoms with Gasteiger partial charge in [-0.15, -0.1) is 24.0 Å². The van der Waals surface area contributed by atoms with Gasteiger partial charge >= 0.3 is 5.97 Å². The molecule has 0 saturated heterocycles. The molecule has 0 aliphatic heterocycles. The van der Waals surface area contributed by atoms with E-state index in [9.17, 15) is 4.79 Å². The minimum absolute atomic E-state index is 0. The average Bonchev–Trinajstić information content (AvgIpc) is 3.13. The van der Waals surface area contributed by atoms with Crippen molar-refractivity contribution >= 4 is 35.9 Å². The second kappa shape index (κ2) is 6.78. The third-order valence-electron chi connectivity index (χ3n) is 2.90. The highest BCUT2D eigenvalue weighted by Gasteiger charge is 2.27. The molecule has 0 aromatic carbocycles. The van der Waals surface area contributed by atoms with Gasteiger partial charge in [-0.1, -0.05) is 0 Å². The van der Waals surface area contributed by atoms with E-state index in [-0.39, 0.29) is 29.7 Å². The number of nitrogens with zero attached hydrogens (tertiary/aromatic N) is 2. The number of aliphatic imine (C=N–C) groups is 1. The fourth-order valence-corrected chi connectivity index (χ4v) is 1.59. The first-order valence-electron chi connectivity index (χ1n) is 5.81. The number of guanidine groups is 1. The second-order valence-electron chi connectivity index (χ2n) is 4.27. The molecule has 1 aromatic rings. The summed E-state index contributed by atoms with van der Waals surface area (Å²) in [5.74, 6) is 0.765. The maximum absolute atomic E-state index is 11.2. The van der Waals surface area contributed by atoms with Crippen LogP contribution in [0.25, 0.3) is 0 Å². The van der Waals surface area contributed by atoms with Gasteiger partial charge in [-0.05, 0) is 25.0 Å². The van der Waals surface area contributed by atoms with Gasteiger partial charge in [0.1, 0.15) is 12.3 Å². The van der Waals surface area contributed by atoms with Gasteiger partial charge in [-0.2, -0.15) is 0 Å². The number of nitrogens with two attached hydrogens (primary N) is 1. The summed E-state index contributed by atoms with van der Waals surface area (Å²) >= 11 is 0. The molecule has 1 heterocycles. The minimum Gasteiger partial charge on any atom is -0.463 e. The van der Waals surface area contributed by atoms with Crippen LogP contribution >= 0.6 is 24.0 Å². The van der Waals surface area contributed by atoms with Gasteiger partial charge in [0.15, 0.2) is 5.96 Å². The third kappa shape index (κ3) is 4.12. The van der Waals surface area contributed by atoms with Crippen molar-refractivity contribution in [2.45, 2.75) is 25.4 Å². The van der Waals surface area contributed by atoms with Crippen LogP contribution < -0.4 is 5.73 Å². The zero-order chi connectivity index (χ0) is 13.1. The number of methoxy groups -OCH3 is 1. The van der Waals surface area contributed by atoms with Crippen molar-refractivity contribution < 1.29 is 13.9 Å². The lowest BCUT2D eigenvalue weighted by Gasteiger charge is -2.16. The standard InChI is InChI=1S/C12H17N3O3.HI/c1-15(8-3-4-8)12(13)14-7-9-5-6-10(18-9)11(16)17-2;/h5-6,8H,3-4,7H2,1-2H3,(H2,13,14);1H. The van der Waals surface area contributed by atoms with Gasteiger partial charge in [0.25, 0.3) is 0 Å². The Hall–Kier alpha value is -1.25. The first-order valence-corrected chi connectivity index (χ1v) is 5.81. The van der Waals surface area contributed by atoms with Crippen LogP contribution in [-0.4, -0.2) is 37.0 Å². The fourth-order valence-electron chi connectivity index (χ4n) is 1.59. The minimum atomic E-state index is -0.492. The molecular weight excluding hydrogens is 361 g/mol. The van der Waals surface area contributed by atoms with Crippen molar-refractivity contribution in [3.8, 4) is 0 Å². The lowest BCUT2D eigenvalue weighted by molar-refractivity contribution is 0.0563. The summed E-state index contributed by atoms with van der Waals surface area (Å²) in [6.07, 6.45) is 2.33. The van der Waals surface area contributed by atoms with E-state index < -0.39 is 5.97 Å². The van der Waals surface area contributed by atoms with Crippen LogP contribution in [0.3, 0.4) is 0 Å². The number of carbonyl (C=O) groups excluding carboxylic acids is 1. The molecule has 0 spiro atoms. The van der Waals surface area contributed by atoms with Crippen molar-refractivity contribution in [2.75, 3.05) is 14.2 Å². The first-order chi connectivity index (χ1) is 8.61. The van der Waals surface area contributed by atoms with Crippen molar-refractivity contribution in [1.29, 1.82) is 0 Å². The maximum Gasteiger partial charge on any atom is 0.373 e. The number of esters is 1. The molecule has 0 atom stereocenters. The van der Waals surface area contributed by atoms with Crippen LogP contribution in [-0.2, 0) is 11.3 Å². The molecule has 1 fully saturated rings.